The molecule has 0 bridgehead atoms. The van der Waals surface area contributed by atoms with Gasteiger partial charge in [0.2, 0.25) is 0 Å². The third kappa shape index (κ3) is 3.84. The van der Waals surface area contributed by atoms with E-state index in [1.165, 1.54) is 6.20 Å². The van der Waals surface area contributed by atoms with E-state index < -0.39 is 0 Å². The summed E-state index contributed by atoms with van der Waals surface area (Å²) in [4.78, 5) is 22.8. The lowest BCUT2D eigenvalue weighted by Crippen LogP contribution is -2.35. The first-order valence-corrected chi connectivity index (χ1v) is 7.26. The average Bonchev–Trinajstić information content (AvgIpc) is 2.82. The van der Waals surface area contributed by atoms with E-state index in [-0.39, 0.29) is 29.6 Å². The van der Waals surface area contributed by atoms with Crippen LogP contribution >= 0.6 is 24.0 Å². The monoisotopic (exact) mass is 332 g/mol. The molecule has 0 aliphatic carbocycles. The lowest BCUT2D eigenvalue weighted by atomic mass is 9.90. The Morgan fingerprint density at radius 1 is 1.57 bits per heavy atom. The number of likely N-dealkylation sites (tertiary alicyclic amines) is 1. The van der Waals surface area contributed by atoms with Crippen LogP contribution in [0.5, 0.6) is 0 Å². The summed E-state index contributed by atoms with van der Waals surface area (Å²) in [6, 6.07) is 0. The van der Waals surface area contributed by atoms with Crippen LogP contribution in [-0.4, -0.2) is 40.4 Å². The molecule has 21 heavy (non-hydrogen) atoms. The number of hydrogen-bond acceptors (Lipinski definition) is 4. The second kappa shape index (κ2) is 6.90. The fourth-order valence-corrected chi connectivity index (χ4v) is 2.49. The molecule has 1 aromatic rings. The van der Waals surface area contributed by atoms with Gasteiger partial charge >= 0.3 is 0 Å². The Labute approximate surface area is 136 Å². The normalized spacial score (nSPS) is 21.5. The molecule has 1 amide bonds. The van der Waals surface area contributed by atoms with Crippen molar-refractivity contribution in [1.29, 1.82) is 0 Å². The Hall–Kier alpha value is -0.910. The number of rotatable bonds is 3. The number of aromatic nitrogens is 2. The summed E-state index contributed by atoms with van der Waals surface area (Å²) in [5.74, 6) is 0.668. The maximum atomic E-state index is 12.6. The number of nitrogens with two attached hydrogens (primary N) is 1. The molecule has 118 valence electrons. The van der Waals surface area contributed by atoms with Crippen molar-refractivity contribution in [3.63, 3.8) is 0 Å². The zero-order valence-corrected chi connectivity index (χ0v) is 14.2. The fourth-order valence-electron chi connectivity index (χ4n) is 2.32. The number of hydrogen-bond donors (Lipinski definition) is 1. The van der Waals surface area contributed by atoms with Gasteiger partial charge in [0.1, 0.15) is 5.82 Å². The van der Waals surface area contributed by atoms with Gasteiger partial charge < -0.3 is 10.6 Å². The van der Waals surface area contributed by atoms with E-state index >= 15 is 0 Å². The molecular weight excluding hydrogens is 311 g/mol. The van der Waals surface area contributed by atoms with Gasteiger partial charge in [-0.05, 0) is 18.4 Å². The molecule has 1 fully saturated rings. The molecule has 2 heterocycles. The van der Waals surface area contributed by atoms with Gasteiger partial charge in [-0.1, -0.05) is 32.4 Å². The average molecular weight is 333 g/mol. The van der Waals surface area contributed by atoms with Gasteiger partial charge in [0, 0.05) is 19.0 Å². The SMILES string of the molecule is CC(C)c1ncc(Cl)c(C(=O)N2CCC(C)(CN)C2)n1.Cl. The van der Waals surface area contributed by atoms with E-state index in [9.17, 15) is 4.79 Å². The molecular formula is C14H22Cl2N4O. The Morgan fingerprint density at radius 2 is 2.24 bits per heavy atom. The maximum Gasteiger partial charge on any atom is 0.274 e. The lowest BCUT2D eigenvalue weighted by molar-refractivity contribution is 0.0770. The lowest BCUT2D eigenvalue weighted by Gasteiger charge is -2.22. The topological polar surface area (TPSA) is 72.1 Å². The van der Waals surface area contributed by atoms with Crippen molar-refractivity contribution in [2.24, 2.45) is 11.1 Å². The van der Waals surface area contributed by atoms with Gasteiger partial charge in [0.05, 0.1) is 11.2 Å². The van der Waals surface area contributed by atoms with E-state index in [0.29, 0.717) is 36.2 Å². The Kier molecular flexibility index (Phi) is 5.96. The highest BCUT2D eigenvalue weighted by molar-refractivity contribution is 6.33. The smallest absolute Gasteiger partial charge is 0.274 e. The Bertz CT molecular complexity index is 524. The summed E-state index contributed by atoms with van der Waals surface area (Å²) in [6.45, 7) is 7.99. The van der Waals surface area contributed by atoms with E-state index in [1.54, 1.807) is 4.90 Å². The summed E-state index contributed by atoms with van der Waals surface area (Å²) >= 11 is 6.08. The Balaban J connectivity index is 0.00000220. The van der Waals surface area contributed by atoms with Crippen LogP contribution in [0.2, 0.25) is 5.02 Å². The van der Waals surface area contributed by atoms with Crippen LogP contribution in [0.25, 0.3) is 0 Å². The highest BCUT2D eigenvalue weighted by Gasteiger charge is 2.36. The minimum Gasteiger partial charge on any atom is -0.337 e. The molecule has 1 aliphatic rings. The fraction of sp³-hybridized carbons (Fsp3) is 0.643. The predicted octanol–water partition coefficient (Wildman–Crippen LogP) is 2.49. The van der Waals surface area contributed by atoms with Gasteiger partial charge in [0.15, 0.2) is 5.69 Å². The van der Waals surface area contributed by atoms with Crippen molar-refractivity contribution in [3.8, 4) is 0 Å². The van der Waals surface area contributed by atoms with E-state index in [4.69, 9.17) is 17.3 Å². The number of amides is 1. The van der Waals surface area contributed by atoms with E-state index in [2.05, 4.69) is 16.9 Å². The van der Waals surface area contributed by atoms with Crippen molar-refractivity contribution in [3.05, 3.63) is 22.7 Å². The minimum atomic E-state index is -0.128. The second-order valence-corrected chi connectivity index (χ2v) is 6.48. The van der Waals surface area contributed by atoms with Crippen molar-refractivity contribution in [2.45, 2.75) is 33.1 Å². The molecule has 1 aliphatic heterocycles. The summed E-state index contributed by atoms with van der Waals surface area (Å²) in [5.41, 5.74) is 6.07. The van der Waals surface area contributed by atoms with Crippen LogP contribution in [0.4, 0.5) is 0 Å². The third-order valence-electron chi connectivity index (χ3n) is 3.82. The van der Waals surface area contributed by atoms with Crippen LogP contribution < -0.4 is 5.73 Å². The zero-order valence-electron chi connectivity index (χ0n) is 12.6. The molecule has 1 aromatic heterocycles. The van der Waals surface area contributed by atoms with Gasteiger partial charge in [0.25, 0.3) is 5.91 Å². The van der Waals surface area contributed by atoms with Gasteiger partial charge in [-0.15, -0.1) is 12.4 Å². The van der Waals surface area contributed by atoms with Gasteiger partial charge in [-0.2, -0.15) is 0 Å². The molecule has 2 N–H and O–H groups in total. The number of carbonyl (C=O) groups is 1. The van der Waals surface area contributed by atoms with Crippen LogP contribution in [-0.2, 0) is 0 Å². The van der Waals surface area contributed by atoms with E-state index in [0.717, 1.165) is 6.42 Å². The van der Waals surface area contributed by atoms with Crippen molar-refractivity contribution in [1.82, 2.24) is 14.9 Å². The molecule has 1 unspecified atom stereocenters. The third-order valence-corrected chi connectivity index (χ3v) is 4.10. The van der Waals surface area contributed by atoms with E-state index in [1.807, 2.05) is 13.8 Å². The molecule has 0 aromatic carbocycles. The summed E-state index contributed by atoms with van der Waals surface area (Å²) in [7, 11) is 0. The summed E-state index contributed by atoms with van der Waals surface area (Å²) < 4.78 is 0. The first-order chi connectivity index (χ1) is 9.36. The van der Waals surface area contributed by atoms with Crippen LogP contribution in [0.3, 0.4) is 0 Å². The van der Waals surface area contributed by atoms with Gasteiger partial charge in [-0.25, -0.2) is 9.97 Å². The number of halogens is 2. The van der Waals surface area contributed by atoms with Crippen LogP contribution in [0.15, 0.2) is 6.20 Å². The molecule has 1 saturated heterocycles. The van der Waals surface area contributed by atoms with Crippen LogP contribution in [0.1, 0.15) is 49.4 Å². The zero-order chi connectivity index (χ0) is 14.9. The van der Waals surface area contributed by atoms with Crippen molar-refractivity contribution >= 4 is 29.9 Å². The second-order valence-electron chi connectivity index (χ2n) is 6.07. The molecule has 2 rings (SSSR count). The predicted molar refractivity (Wildman–Crippen MR) is 86.1 cm³/mol. The first-order valence-electron chi connectivity index (χ1n) is 6.88. The first kappa shape index (κ1) is 18.1. The molecule has 0 spiro atoms. The number of nitrogens with zero attached hydrogens (tertiary/aromatic N) is 3. The molecule has 0 saturated carbocycles. The highest BCUT2D eigenvalue weighted by Crippen LogP contribution is 2.30. The molecule has 7 heteroatoms. The summed E-state index contributed by atoms with van der Waals surface area (Å²) in [6.07, 6.45) is 2.42. The molecule has 1 atom stereocenters. The Morgan fingerprint density at radius 3 is 2.76 bits per heavy atom. The largest absolute Gasteiger partial charge is 0.337 e. The maximum absolute atomic E-state index is 12.6. The van der Waals surface area contributed by atoms with Crippen molar-refractivity contribution in [2.75, 3.05) is 19.6 Å². The standard InChI is InChI=1S/C14H21ClN4O.ClH/c1-9(2)12-17-6-10(15)11(18-12)13(20)19-5-4-14(3,7-16)8-19;/h6,9H,4-5,7-8,16H2,1-3H3;1H. The molecule has 0 radical (unpaired) electrons. The van der Waals surface area contributed by atoms with Crippen molar-refractivity contribution < 1.29 is 4.79 Å². The van der Waals surface area contributed by atoms with Gasteiger partial charge in [-0.3, -0.25) is 4.79 Å². The summed E-state index contributed by atoms with van der Waals surface area (Å²) in [5, 5.41) is 0.306. The minimum absolute atomic E-state index is 0. The highest BCUT2D eigenvalue weighted by atomic mass is 35.5. The molecule has 5 nitrogen and oxygen atoms in total. The number of carbonyl (C=O) groups excluding carboxylic acids is 1. The van der Waals surface area contributed by atoms with Crippen LogP contribution in [0, 0.1) is 5.41 Å². The quantitative estimate of drug-likeness (QED) is 0.922.